The number of ketones is 2. The second kappa shape index (κ2) is 30.8. The molecule has 0 bridgehead atoms. The Bertz CT molecular complexity index is 3290. The number of hydrogen-bond acceptors (Lipinski definition) is 10. The number of aromatic carboxylic acids is 1. The maximum absolute atomic E-state index is 13.3. The summed E-state index contributed by atoms with van der Waals surface area (Å²) in [5.74, 6) is -2.63. The number of benzene rings is 6. The fourth-order valence-corrected chi connectivity index (χ4v) is 7.16. The van der Waals surface area contributed by atoms with E-state index in [4.69, 9.17) is 30.8 Å². The molecule has 19 heteroatoms. The third-order valence-electron chi connectivity index (χ3n) is 10.6. The van der Waals surface area contributed by atoms with Crippen LogP contribution >= 0.6 is 0 Å². The predicted octanol–water partition coefficient (Wildman–Crippen LogP) is 0.624. The third-order valence-corrected chi connectivity index (χ3v) is 10.6. The maximum Gasteiger partial charge on any atom is 1.00 e. The van der Waals surface area contributed by atoms with Crippen LogP contribution in [0.2, 0.25) is 0 Å². The van der Waals surface area contributed by atoms with Crippen molar-refractivity contribution in [3.05, 3.63) is 197 Å². The van der Waals surface area contributed by atoms with Gasteiger partial charge in [0.15, 0.2) is 23.2 Å². The SMILES string of the molecule is CC(=O)c1ccc2c(ccn2-c2ccc(C#N)c(C)c2)c1.CC(=O)c1ccc2c(ccn2-c2ccc(F)c(F)c2)c1.CO.Cc1cc(-n2ccc3cc(C(=O)O)ccc32)ccc1C#N.O=CO[O-].[H-].[K+].[K+].[Li+].[OH-]. The smallest absolute Gasteiger partial charge is 1.00 e. The van der Waals surface area contributed by atoms with Crippen LogP contribution in [0.3, 0.4) is 0 Å². The molecule has 0 amide bonds. The van der Waals surface area contributed by atoms with Gasteiger partial charge in [-0.15, -0.1) is 0 Å². The Labute approximate surface area is 511 Å². The van der Waals surface area contributed by atoms with Crippen LogP contribution in [0.15, 0.2) is 146 Å². The number of nitrogens with zero attached hydrogens (tertiary/aromatic N) is 5. The minimum atomic E-state index is -0.932. The zero-order chi connectivity index (χ0) is 49.7. The average Bonchev–Trinajstić information content (AvgIpc) is 4.10. The largest absolute Gasteiger partial charge is 1.00 e. The van der Waals surface area contributed by atoms with Crippen LogP contribution in [0.4, 0.5) is 8.78 Å². The Morgan fingerprint density at radius 3 is 1.22 bits per heavy atom. The first-order chi connectivity index (χ1) is 32.7. The normalized spacial score (nSPS) is 9.54. The van der Waals surface area contributed by atoms with Crippen molar-refractivity contribution >= 4 is 56.7 Å². The number of halogens is 2. The number of nitriles is 2. The molecule has 0 aliphatic rings. The summed E-state index contributed by atoms with van der Waals surface area (Å²) in [6.07, 6.45) is 5.65. The molecule has 0 unspecified atom stereocenters. The first kappa shape index (κ1) is 64.8. The number of carboxylic acid groups (broad SMARTS) is 1. The van der Waals surface area contributed by atoms with E-state index in [1.165, 1.54) is 13.0 Å². The first-order valence-electron chi connectivity index (χ1n) is 20.4. The van der Waals surface area contributed by atoms with Gasteiger partial charge in [0.25, 0.3) is 6.47 Å². The van der Waals surface area contributed by atoms with Crippen molar-refractivity contribution in [1.82, 2.24) is 13.7 Å². The van der Waals surface area contributed by atoms with E-state index in [1.54, 1.807) is 60.2 Å². The summed E-state index contributed by atoms with van der Waals surface area (Å²) in [6.45, 7) is 6.73. The summed E-state index contributed by atoms with van der Waals surface area (Å²) in [6, 6.07) is 41.3. The van der Waals surface area contributed by atoms with Crippen molar-refractivity contribution in [1.29, 1.82) is 10.5 Å². The minimum absolute atomic E-state index is 0. The second-order valence-electron chi connectivity index (χ2n) is 14.8. The van der Waals surface area contributed by atoms with Gasteiger partial charge < -0.3 is 41.0 Å². The van der Waals surface area contributed by atoms with Gasteiger partial charge in [-0.3, -0.25) is 14.4 Å². The van der Waals surface area contributed by atoms with Gasteiger partial charge in [0.2, 0.25) is 0 Å². The molecule has 3 heterocycles. The fraction of sp³-hybridized carbons (Fsp3) is 0.0943. The molecular formula is C53H44F2K2LiN5O9. The molecule has 9 rings (SSSR count). The molecule has 0 saturated heterocycles. The Kier molecular flexibility index (Phi) is 27.7. The summed E-state index contributed by atoms with van der Waals surface area (Å²) in [5.41, 5.74) is 10.1. The van der Waals surface area contributed by atoms with Crippen LogP contribution < -0.4 is 127 Å². The van der Waals surface area contributed by atoms with Crippen molar-refractivity contribution in [2.24, 2.45) is 0 Å². The van der Waals surface area contributed by atoms with E-state index >= 15 is 0 Å². The van der Waals surface area contributed by atoms with E-state index in [2.05, 4.69) is 21.6 Å². The standard InChI is InChI=1S/C18H14N2O.C17H12N2O2.C16H11F2NO.CH2O3.CH4O.2K.Li.H2O.H/c1-12-9-17(5-3-16(12)11-19)20-8-7-15-10-14(13(2)21)4-6-18(15)20;1-11-8-15(4-2-14(11)10-18)19-7-6-12-9-13(17(20)21)3-5-16(12)19;1-10(20)11-2-5-16-12(8-11)6-7-19(16)13-3-4-14(17)15(18)9-13;2-1-4-3;1-2;;;;;/h3-10H,1-2H3;2-9H,1H3,(H,20,21);2-9H,1H3;1,3H;2H,1H3;;;;1H2;/q;;;;;3*+1;;-1/p-2. The second-order valence-corrected chi connectivity index (χ2v) is 14.8. The Balaban J connectivity index is 0.000000977. The summed E-state index contributed by atoms with van der Waals surface area (Å²) in [7, 11) is 1.00. The molecule has 3 aromatic heterocycles. The van der Waals surface area contributed by atoms with Crippen LogP contribution in [0.25, 0.3) is 49.8 Å². The Morgan fingerprint density at radius 2 is 0.917 bits per heavy atom. The van der Waals surface area contributed by atoms with Crippen LogP contribution in [-0.4, -0.2) is 60.5 Å². The zero-order valence-electron chi connectivity index (χ0n) is 41.7. The van der Waals surface area contributed by atoms with Gasteiger partial charge in [-0.05, 0) is 160 Å². The van der Waals surface area contributed by atoms with Gasteiger partial charge in [0.05, 0.1) is 45.4 Å². The Morgan fingerprint density at radius 1 is 0.583 bits per heavy atom. The quantitative estimate of drug-likeness (QED) is 0.0739. The number of aliphatic hydroxyl groups is 1. The van der Waals surface area contributed by atoms with E-state index in [-0.39, 0.29) is 152 Å². The number of carbonyl (C=O) groups is 4. The van der Waals surface area contributed by atoms with Gasteiger partial charge in [0.1, 0.15) is 0 Å². The molecule has 352 valence electrons. The van der Waals surface area contributed by atoms with Crippen LogP contribution in [0.1, 0.15) is 68.6 Å². The van der Waals surface area contributed by atoms with E-state index in [0.717, 1.165) is 80.0 Å². The number of Topliss-reactive ketones (excluding diaryl/α,β-unsaturated/α-hetero) is 2. The molecule has 0 aliphatic heterocycles. The topological polar surface area (TPSA) is 233 Å². The Hall–Kier alpha value is -5.19. The number of carboxylic acids is 1. The number of hydrogen-bond donors (Lipinski definition) is 2. The van der Waals surface area contributed by atoms with Crippen molar-refractivity contribution in [3.8, 4) is 29.2 Å². The molecule has 0 spiro atoms. The molecule has 3 N–H and O–H groups in total. The minimum Gasteiger partial charge on any atom is -1.00 e. The number of carbonyl (C=O) groups excluding carboxylic acids is 3. The molecular weight excluding hydrogens is 974 g/mol. The first-order valence-corrected chi connectivity index (χ1v) is 20.4. The van der Waals surface area contributed by atoms with Gasteiger partial charge in [0, 0.05) is 76.1 Å². The number of aliphatic hydroxyl groups excluding tert-OH is 1. The van der Waals surface area contributed by atoms with Crippen molar-refractivity contribution in [3.63, 3.8) is 0 Å². The van der Waals surface area contributed by atoms with E-state index < -0.39 is 17.6 Å². The number of aromatic nitrogens is 3. The van der Waals surface area contributed by atoms with Crippen molar-refractivity contribution in [2.45, 2.75) is 27.7 Å². The summed E-state index contributed by atoms with van der Waals surface area (Å²) < 4.78 is 32.1. The van der Waals surface area contributed by atoms with Crippen LogP contribution in [-0.2, 0) is 9.68 Å². The molecule has 0 saturated carbocycles. The summed E-state index contributed by atoms with van der Waals surface area (Å²) >= 11 is 0. The van der Waals surface area contributed by atoms with Crippen LogP contribution in [0, 0.1) is 48.1 Å². The molecule has 72 heavy (non-hydrogen) atoms. The van der Waals surface area contributed by atoms with Crippen molar-refractivity contribution in [2.75, 3.05) is 7.11 Å². The molecule has 0 aliphatic carbocycles. The van der Waals surface area contributed by atoms with Gasteiger partial charge >= 0.3 is 128 Å². The molecule has 9 aromatic rings. The molecule has 0 atom stereocenters. The monoisotopic (exact) mass is 1020 g/mol. The molecule has 0 radical (unpaired) electrons. The molecule has 6 aromatic carbocycles. The zero-order valence-corrected chi connectivity index (χ0v) is 47.0. The van der Waals surface area contributed by atoms with Gasteiger partial charge in [-0.25, -0.2) is 13.6 Å². The fourth-order valence-electron chi connectivity index (χ4n) is 7.16. The van der Waals surface area contributed by atoms with E-state index in [9.17, 15) is 23.2 Å². The van der Waals surface area contributed by atoms with E-state index in [1.807, 2.05) is 97.5 Å². The average molecular weight is 1020 g/mol. The number of aryl methyl sites for hydroxylation is 2. The third kappa shape index (κ3) is 15.9. The maximum atomic E-state index is 13.3. The predicted molar refractivity (Wildman–Crippen MR) is 254 cm³/mol. The molecule has 14 nitrogen and oxygen atoms in total. The van der Waals surface area contributed by atoms with Crippen LogP contribution in [0.5, 0.6) is 0 Å². The number of rotatable bonds is 7. The van der Waals surface area contributed by atoms with Gasteiger partial charge in [-0.1, -0.05) is 0 Å². The van der Waals surface area contributed by atoms with Crippen molar-refractivity contribution < 1.29 is 177 Å². The summed E-state index contributed by atoms with van der Waals surface area (Å²) in [4.78, 5) is 45.0. The molecule has 0 fully saturated rings. The number of fused-ring (bicyclic) bond motifs is 3. The summed E-state index contributed by atoms with van der Waals surface area (Å²) in [5, 5.41) is 45.2. The van der Waals surface area contributed by atoms with E-state index in [0.29, 0.717) is 22.4 Å². The van der Waals surface area contributed by atoms with Gasteiger partial charge in [-0.2, -0.15) is 10.5 Å².